The Morgan fingerprint density at radius 1 is 0.885 bits per heavy atom. The summed E-state index contributed by atoms with van der Waals surface area (Å²) in [6, 6.07) is 6.10. The Kier molecular flexibility index (Phi) is 11.0. The molecule has 0 fully saturated rings. The van der Waals surface area contributed by atoms with E-state index in [-0.39, 0.29) is 11.7 Å². The van der Waals surface area contributed by atoms with Crippen molar-refractivity contribution < 1.29 is 17.4 Å². The molecule has 6 nitrogen and oxygen atoms in total. The third-order valence-electron chi connectivity index (χ3n) is 3.95. The molecule has 0 aliphatic carbocycles. The second-order valence-electron chi connectivity index (χ2n) is 6.33. The van der Waals surface area contributed by atoms with Gasteiger partial charge in [-0.2, -0.15) is 13.1 Å². The number of carbonyl (C=O) groups excluding carboxylic acids is 1. The van der Waals surface area contributed by atoms with E-state index in [1.807, 2.05) is 0 Å². The van der Waals surface area contributed by atoms with Crippen LogP contribution in [-0.4, -0.2) is 27.4 Å². The van der Waals surface area contributed by atoms with Crippen LogP contribution in [0.4, 0.5) is 0 Å². The Labute approximate surface area is 158 Å². The van der Waals surface area contributed by atoms with E-state index in [1.54, 1.807) is 12.1 Å². The molecule has 0 saturated carbocycles. The molecule has 1 aromatic carbocycles. The van der Waals surface area contributed by atoms with Gasteiger partial charge < -0.3 is 9.50 Å². The van der Waals surface area contributed by atoms with Crippen LogP contribution in [-0.2, 0) is 10.3 Å². The smallest absolute Gasteiger partial charge is 0.371 e. The summed E-state index contributed by atoms with van der Waals surface area (Å²) < 4.78 is 31.2. The van der Waals surface area contributed by atoms with Gasteiger partial charge in [-0.25, -0.2) is 0 Å². The molecule has 0 atom stereocenters. The number of nitrogens with one attached hydrogen (secondary N) is 2. The van der Waals surface area contributed by atoms with Crippen LogP contribution >= 0.6 is 0 Å². The molecule has 2 N–H and O–H groups in total. The van der Waals surface area contributed by atoms with Crippen LogP contribution in [0.15, 0.2) is 24.3 Å². The summed E-state index contributed by atoms with van der Waals surface area (Å²) >= 11 is 0. The predicted octanol–water partition coefficient (Wildman–Crippen LogP) is 3.79. The van der Waals surface area contributed by atoms with Gasteiger partial charge in [-0.1, -0.05) is 52.4 Å². The van der Waals surface area contributed by atoms with E-state index in [9.17, 15) is 13.2 Å². The van der Waals surface area contributed by atoms with Gasteiger partial charge in [-0.05, 0) is 37.1 Å². The first kappa shape index (κ1) is 22.4. The lowest BCUT2D eigenvalue weighted by Crippen LogP contribution is -2.29. The number of unbranched alkanes of at least 4 members (excludes halogenated alkanes) is 6. The largest absolute Gasteiger partial charge is 0.382 e. The lowest BCUT2D eigenvalue weighted by molar-refractivity contribution is 0.0953. The first-order valence-electron chi connectivity index (χ1n) is 9.56. The van der Waals surface area contributed by atoms with E-state index >= 15 is 0 Å². The van der Waals surface area contributed by atoms with Crippen LogP contribution in [0.2, 0.25) is 0 Å². The van der Waals surface area contributed by atoms with Crippen molar-refractivity contribution in [3.05, 3.63) is 29.8 Å². The van der Waals surface area contributed by atoms with Gasteiger partial charge in [-0.15, -0.1) is 0 Å². The Balaban J connectivity index is 2.39. The molecular weight excluding hydrogens is 352 g/mol. The molecule has 148 valence electrons. The average molecular weight is 385 g/mol. The van der Waals surface area contributed by atoms with E-state index in [4.69, 9.17) is 4.18 Å². The van der Waals surface area contributed by atoms with Crippen molar-refractivity contribution in [3.63, 3.8) is 0 Å². The molecule has 0 radical (unpaired) electrons. The van der Waals surface area contributed by atoms with Crippen molar-refractivity contribution in [3.8, 4) is 5.75 Å². The van der Waals surface area contributed by atoms with E-state index in [0.717, 1.165) is 44.9 Å². The average Bonchev–Trinajstić information content (AvgIpc) is 2.62. The van der Waals surface area contributed by atoms with Gasteiger partial charge in [0.1, 0.15) is 5.75 Å². The topological polar surface area (TPSA) is 84.5 Å². The molecule has 1 amide bonds. The van der Waals surface area contributed by atoms with Crippen molar-refractivity contribution in [2.45, 2.75) is 65.2 Å². The predicted molar refractivity (Wildman–Crippen MR) is 105 cm³/mol. The standard InChI is InChI=1S/C19H32N2O4S/c1-3-5-7-8-10-16-21-26(23,24)25-18-13-11-17(12-14-18)19(22)20-15-9-6-4-2/h11-14,21H,3-10,15-16H2,1-2H3,(H,20,22). The molecule has 0 bridgehead atoms. The van der Waals surface area contributed by atoms with E-state index in [1.165, 1.54) is 18.6 Å². The third-order valence-corrected chi connectivity index (χ3v) is 4.92. The van der Waals surface area contributed by atoms with Crippen LogP contribution in [0.5, 0.6) is 5.75 Å². The van der Waals surface area contributed by atoms with Crippen LogP contribution < -0.4 is 14.2 Å². The Hall–Kier alpha value is -1.60. The summed E-state index contributed by atoms with van der Waals surface area (Å²) in [5.74, 6) is 0.0201. The summed E-state index contributed by atoms with van der Waals surface area (Å²) in [6.07, 6.45) is 8.36. The fourth-order valence-electron chi connectivity index (χ4n) is 2.42. The molecule has 1 rings (SSSR count). The maximum absolute atomic E-state index is 12.0. The lowest BCUT2D eigenvalue weighted by Gasteiger charge is -2.09. The monoisotopic (exact) mass is 384 g/mol. The van der Waals surface area contributed by atoms with Gasteiger partial charge in [-0.3, -0.25) is 4.79 Å². The minimum absolute atomic E-state index is 0.166. The molecule has 0 heterocycles. The van der Waals surface area contributed by atoms with Gasteiger partial charge in [0.15, 0.2) is 0 Å². The van der Waals surface area contributed by atoms with Crippen LogP contribution in [0.3, 0.4) is 0 Å². The number of benzene rings is 1. The molecule has 0 spiro atoms. The van der Waals surface area contributed by atoms with Crippen LogP contribution in [0.25, 0.3) is 0 Å². The van der Waals surface area contributed by atoms with Crippen molar-refractivity contribution in [1.29, 1.82) is 0 Å². The molecule has 0 aromatic heterocycles. The Morgan fingerprint density at radius 3 is 2.12 bits per heavy atom. The zero-order chi connectivity index (χ0) is 19.3. The second-order valence-corrected chi connectivity index (χ2v) is 7.70. The van der Waals surface area contributed by atoms with E-state index in [0.29, 0.717) is 18.7 Å². The summed E-state index contributed by atoms with van der Waals surface area (Å²) in [7, 11) is -3.83. The van der Waals surface area contributed by atoms with Crippen molar-refractivity contribution >= 4 is 16.2 Å². The number of hydrogen-bond acceptors (Lipinski definition) is 4. The summed E-state index contributed by atoms with van der Waals surface area (Å²) in [6.45, 7) is 5.25. The van der Waals surface area contributed by atoms with Crippen molar-refractivity contribution in [2.24, 2.45) is 0 Å². The minimum Gasteiger partial charge on any atom is -0.371 e. The molecule has 0 unspecified atom stereocenters. The number of rotatable bonds is 14. The van der Waals surface area contributed by atoms with Gasteiger partial charge in [0.2, 0.25) is 0 Å². The third kappa shape index (κ3) is 9.77. The van der Waals surface area contributed by atoms with Crippen molar-refractivity contribution in [1.82, 2.24) is 10.0 Å². The molecular formula is C19H32N2O4S. The Bertz CT molecular complexity index is 615. The maximum atomic E-state index is 12.0. The normalized spacial score (nSPS) is 11.3. The summed E-state index contributed by atoms with van der Waals surface area (Å²) in [5.41, 5.74) is 0.482. The summed E-state index contributed by atoms with van der Waals surface area (Å²) in [4.78, 5) is 12.0. The summed E-state index contributed by atoms with van der Waals surface area (Å²) in [5, 5.41) is 2.84. The highest BCUT2D eigenvalue weighted by molar-refractivity contribution is 7.85. The van der Waals surface area contributed by atoms with Crippen LogP contribution in [0, 0.1) is 0 Å². The molecule has 0 aliphatic rings. The molecule has 26 heavy (non-hydrogen) atoms. The first-order valence-corrected chi connectivity index (χ1v) is 11.0. The number of carbonyl (C=O) groups is 1. The minimum atomic E-state index is -3.83. The SMILES string of the molecule is CCCCCCCNS(=O)(=O)Oc1ccc(C(=O)NCCCCC)cc1. The van der Waals surface area contributed by atoms with Gasteiger partial charge in [0.25, 0.3) is 5.91 Å². The molecule has 0 aliphatic heterocycles. The number of hydrogen-bond donors (Lipinski definition) is 2. The van der Waals surface area contributed by atoms with Crippen LogP contribution in [0.1, 0.15) is 75.6 Å². The fraction of sp³-hybridized carbons (Fsp3) is 0.632. The van der Waals surface area contributed by atoms with E-state index < -0.39 is 10.3 Å². The zero-order valence-electron chi connectivity index (χ0n) is 15.9. The highest BCUT2D eigenvalue weighted by Gasteiger charge is 2.12. The quantitative estimate of drug-likeness (QED) is 0.478. The molecule has 1 aromatic rings. The van der Waals surface area contributed by atoms with Gasteiger partial charge in [0, 0.05) is 18.7 Å². The zero-order valence-corrected chi connectivity index (χ0v) is 16.7. The number of amides is 1. The van der Waals surface area contributed by atoms with E-state index in [2.05, 4.69) is 23.9 Å². The highest BCUT2D eigenvalue weighted by atomic mass is 32.2. The lowest BCUT2D eigenvalue weighted by atomic mass is 10.2. The Morgan fingerprint density at radius 2 is 1.46 bits per heavy atom. The van der Waals surface area contributed by atoms with Gasteiger partial charge in [0.05, 0.1) is 0 Å². The highest BCUT2D eigenvalue weighted by Crippen LogP contribution is 2.14. The fourth-order valence-corrected chi connectivity index (χ4v) is 3.24. The van der Waals surface area contributed by atoms with Gasteiger partial charge >= 0.3 is 10.3 Å². The molecule has 7 heteroatoms. The second kappa shape index (κ2) is 12.7. The van der Waals surface area contributed by atoms with Crippen molar-refractivity contribution in [2.75, 3.05) is 13.1 Å². The molecule has 0 saturated heterocycles. The first-order chi connectivity index (χ1) is 12.5. The maximum Gasteiger partial charge on any atom is 0.382 e.